The third-order valence-electron chi connectivity index (χ3n) is 5.20. The summed E-state index contributed by atoms with van der Waals surface area (Å²) in [6.07, 6.45) is 4.97. The van der Waals surface area contributed by atoms with Gasteiger partial charge in [0.1, 0.15) is 0 Å². The summed E-state index contributed by atoms with van der Waals surface area (Å²) < 4.78 is 0. The summed E-state index contributed by atoms with van der Waals surface area (Å²) in [7, 11) is 0. The number of likely N-dealkylation sites (tertiary alicyclic amines) is 1. The van der Waals surface area contributed by atoms with Crippen molar-refractivity contribution in [3.63, 3.8) is 0 Å². The second-order valence-corrected chi connectivity index (χ2v) is 7.22. The van der Waals surface area contributed by atoms with Crippen molar-refractivity contribution in [1.29, 1.82) is 0 Å². The molecule has 0 radical (unpaired) electrons. The van der Waals surface area contributed by atoms with Crippen LogP contribution in [0.4, 0.5) is 5.69 Å². The first kappa shape index (κ1) is 17.7. The summed E-state index contributed by atoms with van der Waals surface area (Å²) in [6.45, 7) is 6.24. The van der Waals surface area contributed by atoms with Gasteiger partial charge in [-0.2, -0.15) is 0 Å². The van der Waals surface area contributed by atoms with Gasteiger partial charge in [0.2, 0.25) is 0 Å². The number of quaternary nitrogens is 1. The first-order valence-corrected chi connectivity index (χ1v) is 9.43. The zero-order chi connectivity index (χ0) is 17.6. The highest BCUT2D eigenvalue weighted by Crippen LogP contribution is 2.19. The van der Waals surface area contributed by atoms with Gasteiger partial charge in [-0.25, -0.2) is 0 Å². The summed E-state index contributed by atoms with van der Waals surface area (Å²) in [5.41, 5.74) is 4.32. The Balaban J connectivity index is 1.87. The molecule has 1 saturated heterocycles. The number of hydrogen-bond donors (Lipinski definition) is 2. The molecule has 3 rings (SSSR count). The molecule has 0 unspecified atom stereocenters. The third kappa shape index (κ3) is 4.49. The summed E-state index contributed by atoms with van der Waals surface area (Å²) in [5.74, 6) is 0.108. The van der Waals surface area contributed by atoms with Crippen LogP contribution in [0.15, 0.2) is 48.5 Å². The van der Waals surface area contributed by atoms with E-state index < -0.39 is 0 Å². The molecule has 2 aromatic carbocycles. The van der Waals surface area contributed by atoms with Crippen molar-refractivity contribution in [2.45, 2.75) is 45.6 Å². The molecule has 132 valence electrons. The lowest BCUT2D eigenvalue weighted by Gasteiger charge is -2.27. The molecule has 3 heteroatoms. The maximum atomic E-state index is 13.3. The quantitative estimate of drug-likeness (QED) is 0.880. The van der Waals surface area contributed by atoms with Crippen molar-refractivity contribution in [2.24, 2.45) is 0 Å². The second kappa shape index (κ2) is 8.30. The van der Waals surface area contributed by atoms with E-state index in [-0.39, 0.29) is 11.9 Å². The first-order valence-electron chi connectivity index (χ1n) is 9.43. The summed E-state index contributed by atoms with van der Waals surface area (Å²) in [5, 5.41) is 3.21. The van der Waals surface area contributed by atoms with E-state index in [9.17, 15) is 4.79 Å². The monoisotopic (exact) mass is 337 g/mol. The van der Waals surface area contributed by atoms with Gasteiger partial charge in [-0.05, 0) is 56.7 Å². The van der Waals surface area contributed by atoms with Crippen LogP contribution in [0.3, 0.4) is 0 Å². The maximum absolute atomic E-state index is 13.3. The zero-order valence-electron chi connectivity index (χ0n) is 15.3. The Morgan fingerprint density at radius 3 is 2.32 bits per heavy atom. The normalized spacial score (nSPS) is 16.9. The Bertz CT molecular complexity index is 703. The maximum Gasteiger partial charge on any atom is 0.287 e. The Morgan fingerprint density at radius 1 is 0.960 bits per heavy atom. The highest BCUT2D eigenvalue weighted by Gasteiger charge is 2.32. The summed E-state index contributed by atoms with van der Waals surface area (Å²) in [6, 6.07) is 16.3. The minimum atomic E-state index is -0.140. The Morgan fingerprint density at radius 2 is 1.64 bits per heavy atom. The van der Waals surface area contributed by atoms with Crippen LogP contribution in [0.2, 0.25) is 0 Å². The van der Waals surface area contributed by atoms with Gasteiger partial charge in [0.15, 0.2) is 6.04 Å². The van der Waals surface area contributed by atoms with E-state index in [1.807, 2.05) is 25.1 Å². The molecule has 1 fully saturated rings. The van der Waals surface area contributed by atoms with E-state index in [1.165, 1.54) is 36.1 Å². The van der Waals surface area contributed by atoms with E-state index in [0.29, 0.717) is 0 Å². The van der Waals surface area contributed by atoms with Crippen molar-refractivity contribution in [2.75, 3.05) is 18.4 Å². The lowest BCUT2D eigenvalue weighted by atomic mass is 10.0. The zero-order valence-corrected chi connectivity index (χ0v) is 15.3. The van der Waals surface area contributed by atoms with Crippen LogP contribution in [0, 0.1) is 13.8 Å². The topological polar surface area (TPSA) is 33.5 Å². The van der Waals surface area contributed by atoms with E-state index >= 15 is 0 Å². The lowest BCUT2D eigenvalue weighted by molar-refractivity contribution is -0.921. The van der Waals surface area contributed by atoms with Gasteiger partial charge in [-0.3, -0.25) is 4.79 Å². The molecular formula is C22H29N2O+. The lowest BCUT2D eigenvalue weighted by Crippen LogP contribution is -3.13. The van der Waals surface area contributed by atoms with Crippen LogP contribution >= 0.6 is 0 Å². The number of benzene rings is 2. The van der Waals surface area contributed by atoms with Crippen LogP contribution in [0.25, 0.3) is 0 Å². The predicted molar refractivity (Wildman–Crippen MR) is 103 cm³/mol. The minimum absolute atomic E-state index is 0.108. The van der Waals surface area contributed by atoms with E-state index in [1.54, 1.807) is 0 Å². The van der Waals surface area contributed by atoms with Crippen LogP contribution in [-0.2, 0) is 4.79 Å². The molecule has 3 nitrogen and oxygen atoms in total. The van der Waals surface area contributed by atoms with Crippen molar-refractivity contribution in [3.8, 4) is 0 Å². The molecule has 1 aliphatic heterocycles. The number of carbonyl (C=O) groups excluding carboxylic acids is 1. The number of aryl methyl sites for hydroxylation is 2. The molecule has 25 heavy (non-hydrogen) atoms. The molecule has 1 heterocycles. The summed E-state index contributed by atoms with van der Waals surface area (Å²) >= 11 is 0. The van der Waals surface area contributed by atoms with Gasteiger partial charge in [-0.15, -0.1) is 0 Å². The molecular weight excluding hydrogens is 308 g/mol. The van der Waals surface area contributed by atoms with Gasteiger partial charge in [0.05, 0.1) is 13.1 Å². The second-order valence-electron chi connectivity index (χ2n) is 7.22. The molecule has 0 spiro atoms. The molecule has 1 amide bonds. The molecule has 1 aliphatic rings. The van der Waals surface area contributed by atoms with Gasteiger partial charge < -0.3 is 10.2 Å². The number of rotatable bonds is 4. The molecule has 0 bridgehead atoms. The van der Waals surface area contributed by atoms with Crippen LogP contribution in [-0.4, -0.2) is 19.0 Å². The number of carbonyl (C=O) groups is 1. The molecule has 0 aromatic heterocycles. The number of anilines is 1. The molecule has 2 N–H and O–H groups in total. The van der Waals surface area contributed by atoms with Gasteiger partial charge >= 0.3 is 0 Å². The van der Waals surface area contributed by atoms with Crippen LogP contribution in [0.5, 0.6) is 0 Å². The average molecular weight is 337 g/mol. The largest absolute Gasteiger partial charge is 0.321 e. The van der Waals surface area contributed by atoms with E-state index in [4.69, 9.17) is 0 Å². The molecule has 0 saturated carbocycles. The summed E-state index contributed by atoms with van der Waals surface area (Å²) in [4.78, 5) is 14.7. The van der Waals surface area contributed by atoms with Gasteiger partial charge in [-0.1, -0.05) is 42.5 Å². The fraction of sp³-hybridized carbons (Fsp3) is 0.409. The fourth-order valence-corrected chi connectivity index (χ4v) is 3.76. The Hall–Kier alpha value is -2.13. The minimum Gasteiger partial charge on any atom is -0.321 e. The Labute approximate surface area is 151 Å². The Kier molecular flexibility index (Phi) is 5.87. The van der Waals surface area contributed by atoms with E-state index in [2.05, 4.69) is 42.6 Å². The highest BCUT2D eigenvalue weighted by molar-refractivity contribution is 5.95. The van der Waals surface area contributed by atoms with Crippen molar-refractivity contribution < 1.29 is 9.69 Å². The van der Waals surface area contributed by atoms with Crippen LogP contribution in [0.1, 0.15) is 48.4 Å². The van der Waals surface area contributed by atoms with Crippen molar-refractivity contribution in [1.82, 2.24) is 0 Å². The molecule has 2 aromatic rings. The SMILES string of the molecule is Cc1ccc(C)c(NC(=O)[C@@H](c2ccccc2)[NH+]2CCCCCC2)c1. The van der Waals surface area contributed by atoms with Gasteiger partial charge in [0.25, 0.3) is 5.91 Å². The number of hydrogen-bond acceptors (Lipinski definition) is 1. The van der Waals surface area contributed by atoms with Gasteiger partial charge in [0, 0.05) is 11.3 Å². The van der Waals surface area contributed by atoms with Crippen molar-refractivity contribution >= 4 is 11.6 Å². The van der Waals surface area contributed by atoms with Crippen molar-refractivity contribution in [3.05, 3.63) is 65.2 Å². The highest BCUT2D eigenvalue weighted by atomic mass is 16.2. The average Bonchev–Trinajstić information content (AvgIpc) is 2.89. The number of nitrogens with one attached hydrogen (secondary N) is 2. The smallest absolute Gasteiger partial charge is 0.287 e. The van der Waals surface area contributed by atoms with E-state index in [0.717, 1.165) is 29.9 Å². The molecule has 1 atom stereocenters. The molecule has 0 aliphatic carbocycles. The first-order chi connectivity index (χ1) is 12.1. The standard InChI is InChI=1S/C22H28N2O/c1-17-12-13-18(2)20(16-17)23-22(25)21(19-10-6-5-7-11-19)24-14-8-3-4-9-15-24/h5-7,10-13,16,21H,3-4,8-9,14-15H2,1-2H3,(H,23,25)/p+1/t21-/m1/s1. The third-order valence-corrected chi connectivity index (χ3v) is 5.20. The fourth-order valence-electron chi connectivity index (χ4n) is 3.76. The predicted octanol–water partition coefficient (Wildman–Crippen LogP) is 3.44. The number of amides is 1. The van der Waals surface area contributed by atoms with Crippen LogP contribution < -0.4 is 10.2 Å².